The molecule has 4 heterocycles. The van der Waals surface area contributed by atoms with E-state index in [1.54, 1.807) is 12.4 Å². The highest BCUT2D eigenvalue weighted by atomic mass is 35.5. The lowest BCUT2D eigenvalue weighted by atomic mass is 9.83. The first kappa shape index (κ1) is 19.7. The van der Waals surface area contributed by atoms with Crippen LogP contribution < -0.4 is 9.64 Å². The predicted octanol–water partition coefficient (Wildman–Crippen LogP) is 2.23. The van der Waals surface area contributed by atoms with Crippen LogP contribution in [0, 0.1) is 0 Å². The van der Waals surface area contributed by atoms with Crippen molar-refractivity contribution in [1.82, 2.24) is 30.2 Å². The Morgan fingerprint density at radius 1 is 1.19 bits per heavy atom. The van der Waals surface area contributed by atoms with E-state index < -0.39 is 5.97 Å². The van der Waals surface area contributed by atoms with Crippen molar-refractivity contribution in [2.24, 2.45) is 0 Å². The van der Waals surface area contributed by atoms with Gasteiger partial charge in [-0.25, -0.2) is 9.97 Å². The van der Waals surface area contributed by atoms with E-state index >= 15 is 0 Å². The lowest BCUT2D eigenvalue weighted by molar-refractivity contribution is -0.138. The molecule has 11 heteroatoms. The molecule has 1 N–H and O–H groups in total. The van der Waals surface area contributed by atoms with Gasteiger partial charge >= 0.3 is 5.97 Å². The van der Waals surface area contributed by atoms with E-state index in [1.807, 2.05) is 18.2 Å². The van der Waals surface area contributed by atoms with E-state index in [2.05, 4.69) is 30.3 Å². The van der Waals surface area contributed by atoms with Crippen LogP contribution in [0.1, 0.15) is 24.8 Å². The van der Waals surface area contributed by atoms with Crippen LogP contribution in [0.5, 0.6) is 5.75 Å². The molecule has 31 heavy (non-hydrogen) atoms. The molecule has 160 valence electrons. The Hall–Kier alpha value is -3.27. The highest BCUT2D eigenvalue weighted by Gasteiger charge is 2.40. The lowest BCUT2D eigenvalue weighted by Gasteiger charge is -2.44. The van der Waals surface area contributed by atoms with Crippen LogP contribution in [0.3, 0.4) is 0 Å². The number of hydrogen-bond acceptors (Lipinski definition) is 8. The Labute approximate surface area is 182 Å². The molecule has 0 unspecified atom stereocenters. The number of rotatable bonds is 4. The highest BCUT2D eigenvalue weighted by molar-refractivity contribution is 6.31. The molecule has 10 nitrogen and oxygen atoms in total. The Kier molecular flexibility index (Phi) is 4.93. The van der Waals surface area contributed by atoms with Gasteiger partial charge in [0.15, 0.2) is 6.54 Å². The monoisotopic (exact) mass is 441 g/mol. The van der Waals surface area contributed by atoms with Crippen LogP contribution >= 0.6 is 11.6 Å². The first-order valence-corrected chi connectivity index (χ1v) is 10.4. The number of aliphatic carboxylic acids is 1. The van der Waals surface area contributed by atoms with Gasteiger partial charge in [-0.05, 0) is 30.2 Å². The molecule has 0 saturated carbocycles. The van der Waals surface area contributed by atoms with Crippen LogP contribution in [-0.4, -0.2) is 59.9 Å². The minimum Gasteiger partial charge on any atom is -0.487 e. The third-order valence-corrected chi connectivity index (χ3v) is 6.17. The number of tetrazole rings is 1. The highest BCUT2D eigenvalue weighted by Crippen LogP contribution is 2.42. The third-order valence-electron chi connectivity index (χ3n) is 5.82. The number of fused-ring (bicyclic) bond motifs is 1. The zero-order valence-corrected chi connectivity index (χ0v) is 17.4. The fraction of sp³-hybridized carbons (Fsp3) is 0.400. The summed E-state index contributed by atoms with van der Waals surface area (Å²) in [5.41, 5.74) is 1.52. The number of ether oxygens (including phenoxy) is 1. The van der Waals surface area contributed by atoms with Crippen LogP contribution in [-0.2, 0) is 17.8 Å². The van der Waals surface area contributed by atoms with Crippen molar-refractivity contribution in [2.45, 2.75) is 37.8 Å². The molecule has 1 fully saturated rings. The quantitative estimate of drug-likeness (QED) is 0.649. The average Bonchev–Trinajstić information content (AvgIpc) is 3.22. The maximum Gasteiger partial charge on any atom is 0.327 e. The number of carboxylic acid groups (broad SMARTS) is 1. The van der Waals surface area contributed by atoms with Crippen molar-refractivity contribution >= 4 is 23.5 Å². The van der Waals surface area contributed by atoms with E-state index in [4.69, 9.17) is 21.4 Å². The normalized spacial score (nSPS) is 17.3. The Morgan fingerprint density at radius 3 is 2.71 bits per heavy atom. The van der Waals surface area contributed by atoms with Crippen molar-refractivity contribution in [2.75, 3.05) is 18.0 Å². The zero-order chi connectivity index (χ0) is 21.4. The lowest BCUT2D eigenvalue weighted by Crippen LogP contribution is -2.50. The number of carbonyl (C=O) groups is 1. The van der Waals surface area contributed by atoms with Crippen molar-refractivity contribution in [3.05, 3.63) is 41.2 Å². The molecule has 2 aliphatic rings. The molecule has 2 aromatic heterocycles. The number of halogens is 1. The van der Waals surface area contributed by atoms with Gasteiger partial charge in [0.05, 0.1) is 5.56 Å². The first-order chi connectivity index (χ1) is 15.0. The largest absolute Gasteiger partial charge is 0.487 e. The van der Waals surface area contributed by atoms with Crippen molar-refractivity contribution in [3.8, 4) is 17.1 Å². The Bertz CT molecular complexity index is 1110. The Balaban J connectivity index is 1.24. The van der Waals surface area contributed by atoms with Gasteiger partial charge in [0.2, 0.25) is 11.8 Å². The topological polar surface area (TPSA) is 119 Å². The van der Waals surface area contributed by atoms with Crippen LogP contribution in [0.4, 0.5) is 5.95 Å². The fourth-order valence-electron chi connectivity index (χ4n) is 4.13. The molecule has 3 aromatic rings. The summed E-state index contributed by atoms with van der Waals surface area (Å²) in [4.78, 5) is 22.8. The molecule has 1 aromatic carbocycles. The summed E-state index contributed by atoms with van der Waals surface area (Å²) in [5, 5.41) is 21.2. The molecule has 0 amide bonds. The van der Waals surface area contributed by atoms with Crippen LogP contribution in [0.15, 0.2) is 30.6 Å². The SMILES string of the molecule is O=C(O)Cn1nnc(-c2cnc(N3CCC4(CCc5c(Cl)cccc5O4)CC3)nc2)n1. The summed E-state index contributed by atoms with van der Waals surface area (Å²) in [6, 6.07) is 5.84. The van der Waals surface area contributed by atoms with E-state index in [-0.39, 0.29) is 12.1 Å². The van der Waals surface area contributed by atoms with Crippen molar-refractivity contribution in [3.63, 3.8) is 0 Å². The molecule has 1 spiro atoms. The molecule has 0 aliphatic carbocycles. The number of piperidine rings is 1. The molecule has 0 bridgehead atoms. The van der Waals surface area contributed by atoms with Crippen molar-refractivity contribution < 1.29 is 14.6 Å². The minimum absolute atomic E-state index is 0.166. The molecule has 0 radical (unpaired) electrons. The van der Waals surface area contributed by atoms with E-state index in [1.165, 1.54) is 0 Å². The number of benzene rings is 1. The van der Waals surface area contributed by atoms with Gasteiger partial charge in [0.25, 0.3) is 0 Å². The number of aromatic nitrogens is 6. The summed E-state index contributed by atoms with van der Waals surface area (Å²) in [5.74, 6) is 0.789. The van der Waals surface area contributed by atoms with Crippen LogP contribution in [0.2, 0.25) is 5.02 Å². The second-order valence-corrected chi connectivity index (χ2v) is 8.20. The second kappa shape index (κ2) is 7.77. The van der Waals surface area contributed by atoms with Gasteiger partial charge in [-0.1, -0.05) is 17.7 Å². The minimum atomic E-state index is -1.04. The first-order valence-electron chi connectivity index (χ1n) is 10.0. The summed E-state index contributed by atoms with van der Waals surface area (Å²) >= 11 is 6.31. The van der Waals surface area contributed by atoms with Gasteiger partial charge in [0, 0.05) is 48.9 Å². The number of anilines is 1. The zero-order valence-electron chi connectivity index (χ0n) is 16.6. The van der Waals surface area contributed by atoms with Crippen LogP contribution in [0.25, 0.3) is 11.4 Å². The van der Waals surface area contributed by atoms with Gasteiger partial charge in [0.1, 0.15) is 11.4 Å². The maximum absolute atomic E-state index is 10.7. The average molecular weight is 442 g/mol. The van der Waals surface area contributed by atoms with Gasteiger partial charge in [-0.3, -0.25) is 4.79 Å². The van der Waals surface area contributed by atoms with E-state index in [0.29, 0.717) is 17.3 Å². The van der Waals surface area contributed by atoms with E-state index in [0.717, 1.165) is 59.9 Å². The third kappa shape index (κ3) is 3.90. The summed E-state index contributed by atoms with van der Waals surface area (Å²) in [6.07, 6.45) is 6.91. The van der Waals surface area contributed by atoms with E-state index in [9.17, 15) is 4.79 Å². The van der Waals surface area contributed by atoms with Gasteiger partial charge in [-0.2, -0.15) is 4.80 Å². The number of carboxylic acids is 1. The van der Waals surface area contributed by atoms with Gasteiger partial charge in [-0.15, -0.1) is 10.2 Å². The summed E-state index contributed by atoms with van der Waals surface area (Å²) < 4.78 is 6.41. The predicted molar refractivity (Wildman–Crippen MR) is 111 cm³/mol. The molecule has 0 atom stereocenters. The number of nitrogens with zero attached hydrogens (tertiary/aromatic N) is 7. The summed E-state index contributed by atoms with van der Waals surface area (Å²) in [6.45, 7) is 1.24. The molecule has 5 rings (SSSR count). The molecule has 1 saturated heterocycles. The van der Waals surface area contributed by atoms with Gasteiger partial charge < -0.3 is 14.7 Å². The fourth-order valence-corrected chi connectivity index (χ4v) is 4.39. The number of hydrogen-bond donors (Lipinski definition) is 1. The molecular weight excluding hydrogens is 422 g/mol. The standard InChI is InChI=1S/C20H20ClN7O3/c21-15-2-1-3-16-14(15)4-5-20(31-16)6-8-27(9-7-20)19-22-10-13(11-23-19)18-24-26-28(25-18)12-17(29)30/h1-3,10-11H,4-9,12H2,(H,29,30). The smallest absolute Gasteiger partial charge is 0.327 e. The second-order valence-electron chi connectivity index (χ2n) is 7.80. The molecule has 2 aliphatic heterocycles. The summed E-state index contributed by atoms with van der Waals surface area (Å²) in [7, 11) is 0. The molecular formula is C20H20ClN7O3. The van der Waals surface area contributed by atoms with Crippen molar-refractivity contribution in [1.29, 1.82) is 0 Å². The maximum atomic E-state index is 10.7. The Morgan fingerprint density at radius 2 is 1.97 bits per heavy atom.